The third-order valence-corrected chi connectivity index (χ3v) is 3.66. The number of hydrogen-bond donors (Lipinski definition) is 1. The van der Waals surface area contributed by atoms with E-state index in [1.165, 1.54) is 18.2 Å². The van der Waals surface area contributed by atoms with Gasteiger partial charge in [0.05, 0.1) is 18.0 Å². The Kier molecular flexibility index (Phi) is 5.38. The zero-order valence-corrected chi connectivity index (χ0v) is 12.1. The monoisotopic (exact) mass is 313 g/mol. The summed E-state index contributed by atoms with van der Waals surface area (Å²) >= 11 is 7.36. The topological polar surface area (TPSA) is 38.3 Å². The standard InChI is InChI=1S/C14H13ClFNO2S/c15-12-8-10(16)3-4-13(12)19-6-5-17-14(18)9-11-2-1-7-20-11/h1-4,7-8H,5-6,9H2,(H,17,18). The van der Waals surface area contributed by atoms with Crippen LogP contribution < -0.4 is 10.1 Å². The van der Waals surface area contributed by atoms with Crippen molar-refractivity contribution >= 4 is 28.8 Å². The molecule has 106 valence electrons. The molecule has 1 heterocycles. The van der Waals surface area contributed by atoms with Crippen LogP contribution in [-0.2, 0) is 11.2 Å². The van der Waals surface area contributed by atoms with E-state index >= 15 is 0 Å². The summed E-state index contributed by atoms with van der Waals surface area (Å²) in [6.45, 7) is 0.652. The number of ether oxygens (including phenoxy) is 1. The summed E-state index contributed by atoms with van der Waals surface area (Å²) in [5, 5.41) is 4.90. The van der Waals surface area contributed by atoms with E-state index in [2.05, 4.69) is 5.32 Å². The fourth-order valence-corrected chi connectivity index (χ4v) is 2.50. The predicted molar refractivity (Wildman–Crippen MR) is 77.9 cm³/mol. The van der Waals surface area contributed by atoms with E-state index in [1.54, 1.807) is 11.3 Å². The summed E-state index contributed by atoms with van der Waals surface area (Å²) in [4.78, 5) is 12.6. The Balaban J connectivity index is 1.69. The van der Waals surface area contributed by atoms with E-state index in [4.69, 9.17) is 16.3 Å². The number of halogens is 2. The molecule has 0 spiro atoms. The molecule has 0 fully saturated rings. The number of thiophene rings is 1. The predicted octanol–water partition coefficient (Wildman–Crippen LogP) is 3.28. The van der Waals surface area contributed by atoms with Crippen LogP contribution in [0.25, 0.3) is 0 Å². The second-order valence-corrected chi connectivity index (χ2v) is 5.47. The van der Waals surface area contributed by atoms with Gasteiger partial charge in [0, 0.05) is 4.88 Å². The molecule has 2 rings (SSSR count). The highest BCUT2D eigenvalue weighted by Crippen LogP contribution is 2.24. The summed E-state index contributed by atoms with van der Waals surface area (Å²) in [6, 6.07) is 7.75. The molecule has 1 amide bonds. The summed E-state index contributed by atoms with van der Waals surface area (Å²) in [6.07, 6.45) is 0.370. The molecule has 0 saturated carbocycles. The molecule has 2 aromatic rings. The highest BCUT2D eigenvalue weighted by Gasteiger charge is 2.05. The Hall–Kier alpha value is -1.59. The van der Waals surface area contributed by atoms with Crippen molar-refractivity contribution in [3.63, 3.8) is 0 Å². The number of carbonyl (C=O) groups is 1. The fraction of sp³-hybridized carbons (Fsp3) is 0.214. The lowest BCUT2D eigenvalue weighted by Gasteiger charge is -2.08. The second kappa shape index (κ2) is 7.26. The van der Waals surface area contributed by atoms with Crippen molar-refractivity contribution in [1.29, 1.82) is 0 Å². The smallest absolute Gasteiger partial charge is 0.225 e. The first kappa shape index (κ1) is 14.8. The van der Waals surface area contributed by atoms with Crippen LogP contribution >= 0.6 is 22.9 Å². The molecule has 1 aromatic carbocycles. The number of rotatable bonds is 6. The second-order valence-electron chi connectivity index (χ2n) is 4.03. The molecule has 0 saturated heterocycles. The molecule has 1 N–H and O–H groups in total. The summed E-state index contributed by atoms with van der Waals surface area (Å²) in [7, 11) is 0. The van der Waals surface area contributed by atoms with Crippen LogP contribution in [0.4, 0.5) is 4.39 Å². The molecule has 6 heteroatoms. The molecule has 20 heavy (non-hydrogen) atoms. The van der Waals surface area contributed by atoms with Gasteiger partial charge < -0.3 is 10.1 Å². The van der Waals surface area contributed by atoms with Crippen LogP contribution in [0, 0.1) is 5.82 Å². The Morgan fingerprint density at radius 2 is 2.25 bits per heavy atom. The third-order valence-electron chi connectivity index (χ3n) is 2.49. The summed E-state index contributed by atoms with van der Waals surface area (Å²) < 4.78 is 18.2. The van der Waals surface area contributed by atoms with Crippen LogP contribution in [0.15, 0.2) is 35.7 Å². The molecular formula is C14H13ClFNO2S. The third kappa shape index (κ3) is 4.51. The first-order chi connectivity index (χ1) is 9.65. The first-order valence-electron chi connectivity index (χ1n) is 6.02. The Labute approximate surface area is 125 Å². The highest BCUT2D eigenvalue weighted by molar-refractivity contribution is 7.10. The van der Waals surface area contributed by atoms with Gasteiger partial charge in [-0.1, -0.05) is 17.7 Å². The number of carbonyl (C=O) groups excluding carboxylic acids is 1. The van der Waals surface area contributed by atoms with Crippen LogP contribution in [0.3, 0.4) is 0 Å². The molecule has 0 aliphatic rings. The number of nitrogens with one attached hydrogen (secondary N) is 1. The molecule has 3 nitrogen and oxygen atoms in total. The summed E-state index contributed by atoms with van der Waals surface area (Å²) in [5.41, 5.74) is 0. The van der Waals surface area contributed by atoms with Crippen molar-refractivity contribution in [2.24, 2.45) is 0 Å². The summed E-state index contributed by atoms with van der Waals surface area (Å²) in [5.74, 6) is -0.0616. The lowest BCUT2D eigenvalue weighted by Crippen LogP contribution is -2.29. The van der Waals surface area contributed by atoms with Gasteiger partial charge in [0.25, 0.3) is 0 Å². The van der Waals surface area contributed by atoms with Gasteiger partial charge in [0.15, 0.2) is 0 Å². The minimum absolute atomic E-state index is 0.0544. The van der Waals surface area contributed by atoms with Gasteiger partial charge in [0.1, 0.15) is 18.2 Å². The average Bonchev–Trinajstić information content (AvgIpc) is 2.89. The Morgan fingerprint density at radius 1 is 1.40 bits per heavy atom. The first-order valence-corrected chi connectivity index (χ1v) is 7.28. The normalized spacial score (nSPS) is 10.3. The number of amides is 1. The van der Waals surface area contributed by atoms with E-state index in [-0.39, 0.29) is 17.5 Å². The molecule has 0 aliphatic carbocycles. The van der Waals surface area contributed by atoms with Gasteiger partial charge >= 0.3 is 0 Å². The molecular weight excluding hydrogens is 301 g/mol. The maximum atomic E-state index is 12.8. The molecule has 0 bridgehead atoms. The van der Waals surface area contributed by atoms with Gasteiger partial charge in [-0.05, 0) is 29.6 Å². The van der Waals surface area contributed by atoms with E-state index in [0.29, 0.717) is 18.7 Å². The molecule has 0 radical (unpaired) electrons. The van der Waals surface area contributed by atoms with Gasteiger partial charge in [-0.15, -0.1) is 11.3 Å². The number of benzene rings is 1. The van der Waals surface area contributed by atoms with Gasteiger partial charge in [-0.2, -0.15) is 0 Å². The van der Waals surface area contributed by atoms with E-state index < -0.39 is 5.82 Å². The Morgan fingerprint density at radius 3 is 2.95 bits per heavy atom. The minimum Gasteiger partial charge on any atom is -0.490 e. The number of hydrogen-bond acceptors (Lipinski definition) is 3. The van der Waals surface area contributed by atoms with Gasteiger partial charge in [0.2, 0.25) is 5.91 Å². The van der Waals surface area contributed by atoms with Gasteiger partial charge in [-0.3, -0.25) is 4.79 Å². The highest BCUT2D eigenvalue weighted by atomic mass is 35.5. The van der Waals surface area contributed by atoms with Crippen molar-refractivity contribution in [1.82, 2.24) is 5.32 Å². The van der Waals surface area contributed by atoms with E-state index in [9.17, 15) is 9.18 Å². The van der Waals surface area contributed by atoms with Crippen LogP contribution in [-0.4, -0.2) is 19.1 Å². The van der Waals surface area contributed by atoms with Crippen molar-refractivity contribution in [2.75, 3.05) is 13.2 Å². The van der Waals surface area contributed by atoms with Crippen molar-refractivity contribution in [3.8, 4) is 5.75 Å². The van der Waals surface area contributed by atoms with Crippen LogP contribution in [0.2, 0.25) is 5.02 Å². The SMILES string of the molecule is O=C(Cc1cccs1)NCCOc1ccc(F)cc1Cl. The van der Waals surface area contributed by atoms with Crippen molar-refractivity contribution in [3.05, 3.63) is 51.4 Å². The Bertz CT molecular complexity index is 575. The largest absolute Gasteiger partial charge is 0.490 e. The maximum Gasteiger partial charge on any atom is 0.225 e. The lowest BCUT2D eigenvalue weighted by molar-refractivity contribution is -0.120. The zero-order valence-electron chi connectivity index (χ0n) is 10.6. The minimum atomic E-state index is -0.411. The maximum absolute atomic E-state index is 12.8. The molecule has 0 atom stereocenters. The van der Waals surface area contributed by atoms with Crippen molar-refractivity contribution in [2.45, 2.75) is 6.42 Å². The molecule has 0 aliphatic heterocycles. The quantitative estimate of drug-likeness (QED) is 0.831. The van der Waals surface area contributed by atoms with Gasteiger partial charge in [-0.25, -0.2) is 4.39 Å². The molecule has 0 unspecified atom stereocenters. The van der Waals surface area contributed by atoms with Crippen LogP contribution in [0.1, 0.15) is 4.88 Å². The van der Waals surface area contributed by atoms with E-state index in [1.807, 2.05) is 17.5 Å². The zero-order chi connectivity index (χ0) is 14.4. The fourth-order valence-electron chi connectivity index (χ4n) is 1.58. The molecule has 1 aromatic heterocycles. The van der Waals surface area contributed by atoms with Crippen LogP contribution in [0.5, 0.6) is 5.75 Å². The van der Waals surface area contributed by atoms with Crippen molar-refractivity contribution < 1.29 is 13.9 Å². The lowest BCUT2D eigenvalue weighted by atomic mass is 10.3. The van der Waals surface area contributed by atoms with E-state index in [0.717, 1.165) is 4.88 Å². The average molecular weight is 314 g/mol.